The van der Waals surface area contributed by atoms with Gasteiger partial charge in [-0.25, -0.2) is 0 Å². The van der Waals surface area contributed by atoms with Gasteiger partial charge >= 0.3 is 0 Å². The fourth-order valence-corrected chi connectivity index (χ4v) is 3.59. The van der Waals surface area contributed by atoms with Crippen LogP contribution in [0.1, 0.15) is 22.6 Å². The second-order valence-corrected chi connectivity index (χ2v) is 6.66. The number of halogens is 2. The van der Waals surface area contributed by atoms with Crippen LogP contribution in [-0.2, 0) is 11.3 Å². The summed E-state index contributed by atoms with van der Waals surface area (Å²) in [6, 6.07) is 14.0. The number of rotatable bonds is 2. The molecule has 1 heterocycles. The number of fused-ring (bicyclic) bond motifs is 1. The summed E-state index contributed by atoms with van der Waals surface area (Å²) in [5.74, 6) is 0.0180. The van der Waals surface area contributed by atoms with E-state index in [4.69, 9.17) is 11.6 Å². The zero-order valence-corrected chi connectivity index (χ0v) is 14.3. The van der Waals surface area contributed by atoms with Crippen molar-refractivity contribution in [1.29, 1.82) is 0 Å². The van der Waals surface area contributed by atoms with Crippen LogP contribution in [0.15, 0.2) is 59.6 Å². The summed E-state index contributed by atoms with van der Waals surface area (Å²) in [4.78, 5) is 13.9. The van der Waals surface area contributed by atoms with Crippen LogP contribution in [0.2, 0.25) is 5.02 Å². The molecule has 1 amide bonds. The highest BCUT2D eigenvalue weighted by atomic mass is 79.9. The highest BCUT2D eigenvalue weighted by molar-refractivity contribution is 9.10. The van der Waals surface area contributed by atoms with Gasteiger partial charge in [0.25, 0.3) is 0 Å². The summed E-state index contributed by atoms with van der Waals surface area (Å²) in [6.07, 6.45) is 1.37. The fourth-order valence-electron chi connectivity index (χ4n) is 2.94. The van der Waals surface area contributed by atoms with Crippen molar-refractivity contribution in [3.05, 3.63) is 81.3 Å². The van der Waals surface area contributed by atoms with Crippen LogP contribution in [0, 0.1) is 0 Å². The fraction of sp³-hybridized carbons (Fsp3) is 0.167. The molecule has 0 saturated heterocycles. The van der Waals surface area contributed by atoms with E-state index in [0.29, 0.717) is 13.1 Å². The molecule has 0 aliphatic carbocycles. The molecule has 1 aliphatic heterocycles. The smallest absolute Gasteiger partial charge is 0.246 e. The largest absolute Gasteiger partial charge is 0.334 e. The minimum atomic E-state index is -0.0503. The van der Waals surface area contributed by atoms with Crippen LogP contribution >= 0.6 is 27.5 Å². The number of carbonyl (C=O) groups is 1. The van der Waals surface area contributed by atoms with Crippen LogP contribution in [0.5, 0.6) is 0 Å². The van der Waals surface area contributed by atoms with E-state index in [0.717, 1.165) is 20.6 Å². The minimum absolute atomic E-state index is 0.0503. The van der Waals surface area contributed by atoms with Crippen LogP contribution in [0.3, 0.4) is 0 Å². The third-order valence-corrected chi connectivity index (χ3v) is 4.85. The zero-order chi connectivity index (χ0) is 15.7. The second kappa shape index (κ2) is 6.27. The molecule has 0 unspecified atom stereocenters. The summed E-state index contributed by atoms with van der Waals surface area (Å²) in [7, 11) is 0. The van der Waals surface area contributed by atoms with E-state index in [1.807, 2.05) is 35.2 Å². The molecule has 2 aromatic rings. The summed E-state index contributed by atoms with van der Waals surface area (Å²) < 4.78 is 1.03. The van der Waals surface area contributed by atoms with Crippen molar-refractivity contribution in [2.24, 2.45) is 0 Å². The average molecular weight is 377 g/mol. The van der Waals surface area contributed by atoms with Crippen molar-refractivity contribution < 1.29 is 4.79 Å². The van der Waals surface area contributed by atoms with E-state index in [9.17, 15) is 4.79 Å². The lowest BCUT2D eigenvalue weighted by Gasteiger charge is -2.35. The molecular formula is C18H15BrClNO. The van der Waals surface area contributed by atoms with Crippen molar-refractivity contribution in [3.8, 4) is 0 Å². The molecule has 0 bridgehead atoms. The Hall–Kier alpha value is -1.58. The van der Waals surface area contributed by atoms with Gasteiger partial charge in [-0.05, 0) is 41.0 Å². The summed E-state index contributed by atoms with van der Waals surface area (Å²) in [6.45, 7) is 4.81. The van der Waals surface area contributed by atoms with Gasteiger partial charge in [-0.3, -0.25) is 4.79 Å². The molecule has 22 heavy (non-hydrogen) atoms. The van der Waals surface area contributed by atoms with Gasteiger partial charge in [-0.15, -0.1) is 0 Å². The number of nitrogens with zero attached hydrogens (tertiary/aromatic N) is 1. The molecule has 2 nitrogen and oxygen atoms in total. The minimum Gasteiger partial charge on any atom is -0.334 e. The monoisotopic (exact) mass is 375 g/mol. The second-order valence-electron chi connectivity index (χ2n) is 5.34. The first-order valence-electron chi connectivity index (χ1n) is 7.04. The van der Waals surface area contributed by atoms with Crippen molar-refractivity contribution in [1.82, 2.24) is 4.90 Å². The van der Waals surface area contributed by atoms with E-state index >= 15 is 0 Å². The van der Waals surface area contributed by atoms with Crippen molar-refractivity contribution >= 4 is 33.4 Å². The Balaban J connectivity index is 2.11. The van der Waals surface area contributed by atoms with Crippen molar-refractivity contribution in [3.63, 3.8) is 0 Å². The van der Waals surface area contributed by atoms with Crippen LogP contribution in [0.4, 0.5) is 0 Å². The molecule has 1 aliphatic rings. The van der Waals surface area contributed by atoms with E-state index < -0.39 is 0 Å². The standard InChI is InChI=1S/C18H15BrClNO/c1-2-18(22)21-10-12-7-8-13(19)9-15(12)16(11-21)14-5-3-4-6-17(14)20/h2-9,16H,1,10-11H2/t16-/m0/s1. The van der Waals surface area contributed by atoms with Gasteiger partial charge in [-0.1, -0.05) is 58.4 Å². The van der Waals surface area contributed by atoms with E-state index in [1.165, 1.54) is 11.6 Å². The normalized spacial score (nSPS) is 17.0. The van der Waals surface area contributed by atoms with Crippen LogP contribution in [-0.4, -0.2) is 17.4 Å². The summed E-state index contributed by atoms with van der Waals surface area (Å²) >= 11 is 9.93. The lowest BCUT2D eigenvalue weighted by molar-refractivity contribution is -0.127. The van der Waals surface area contributed by atoms with E-state index in [-0.39, 0.29) is 11.8 Å². The maximum Gasteiger partial charge on any atom is 0.246 e. The molecule has 0 N–H and O–H groups in total. The Bertz CT molecular complexity index is 744. The quantitative estimate of drug-likeness (QED) is 0.692. The van der Waals surface area contributed by atoms with Gasteiger partial charge in [0.05, 0.1) is 0 Å². The Kier molecular flexibility index (Phi) is 4.37. The molecule has 0 radical (unpaired) electrons. The third kappa shape index (κ3) is 2.83. The number of hydrogen-bond donors (Lipinski definition) is 0. The highest BCUT2D eigenvalue weighted by Crippen LogP contribution is 2.37. The highest BCUT2D eigenvalue weighted by Gasteiger charge is 2.29. The third-order valence-electron chi connectivity index (χ3n) is 4.01. The summed E-state index contributed by atoms with van der Waals surface area (Å²) in [5, 5.41) is 0.728. The Morgan fingerprint density at radius 1 is 1.27 bits per heavy atom. The topological polar surface area (TPSA) is 20.3 Å². The van der Waals surface area contributed by atoms with Crippen LogP contribution < -0.4 is 0 Å². The molecule has 0 fully saturated rings. The maximum atomic E-state index is 12.1. The molecule has 112 valence electrons. The first-order chi connectivity index (χ1) is 10.6. The Labute approximate surface area is 143 Å². The lowest BCUT2D eigenvalue weighted by atomic mass is 9.84. The summed E-state index contributed by atoms with van der Waals surface area (Å²) in [5.41, 5.74) is 3.41. The van der Waals surface area contributed by atoms with E-state index in [2.05, 4.69) is 34.6 Å². The number of hydrogen-bond acceptors (Lipinski definition) is 1. The van der Waals surface area contributed by atoms with Gasteiger partial charge in [0.1, 0.15) is 0 Å². The van der Waals surface area contributed by atoms with Gasteiger partial charge in [0.2, 0.25) is 5.91 Å². The van der Waals surface area contributed by atoms with Gasteiger partial charge < -0.3 is 4.90 Å². The zero-order valence-electron chi connectivity index (χ0n) is 11.9. The van der Waals surface area contributed by atoms with Gasteiger partial charge in [0, 0.05) is 28.5 Å². The molecule has 1 atom stereocenters. The van der Waals surface area contributed by atoms with Gasteiger partial charge in [-0.2, -0.15) is 0 Å². The van der Waals surface area contributed by atoms with Gasteiger partial charge in [0.15, 0.2) is 0 Å². The average Bonchev–Trinajstić information content (AvgIpc) is 2.54. The molecule has 3 rings (SSSR count). The Morgan fingerprint density at radius 3 is 2.77 bits per heavy atom. The molecule has 0 spiro atoms. The SMILES string of the molecule is C=CC(=O)N1Cc2ccc(Br)cc2[C@H](c2ccccc2Cl)C1. The number of carbonyl (C=O) groups excluding carboxylic acids is 1. The van der Waals surface area contributed by atoms with Crippen molar-refractivity contribution in [2.45, 2.75) is 12.5 Å². The maximum absolute atomic E-state index is 12.1. The predicted octanol–water partition coefficient (Wildman–Crippen LogP) is 4.76. The van der Waals surface area contributed by atoms with Crippen molar-refractivity contribution in [2.75, 3.05) is 6.54 Å². The first kappa shape index (κ1) is 15.3. The first-order valence-corrected chi connectivity index (χ1v) is 8.21. The predicted molar refractivity (Wildman–Crippen MR) is 93.1 cm³/mol. The lowest BCUT2D eigenvalue weighted by Crippen LogP contribution is -2.37. The molecule has 0 aromatic heterocycles. The van der Waals surface area contributed by atoms with E-state index in [1.54, 1.807) is 0 Å². The molecule has 2 aromatic carbocycles. The van der Waals surface area contributed by atoms with Crippen LogP contribution in [0.25, 0.3) is 0 Å². The number of benzene rings is 2. The molecule has 0 saturated carbocycles. The molecule has 4 heteroatoms. The Morgan fingerprint density at radius 2 is 2.05 bits per heavy atom. The number of amides is 1. The molecular weight excluding hydrogens is 362 g/mol.